The van der Waals surface area contributed by atoms with Gasteiger partial charge in [-0.3, -0.25) is 0 Å². The lowest BCUT2D eigenvalue weighted by Crippen LogP contribution is -2.40. The first-order valence-corrected chi connectivity index (χ1v) is 7.91. The number of nitrogens with zero attached hydrogens (tertiary/aromatic N) is 1. The zero-order valence-corrected chi connectivity index (χ0v) is 13.5. The van der Waals surface area contributed by atoms with Crippen LogP contribution in [0, 0.1) is 5.41 Å². The summed E-state index contributed by atoms with van der Waals surface area (Å²) in [6, 6.07) is 7.97. The fourth-order valence-electron chi connectivity index (χ4n) is 2.89. The van der Waals surface area contributed by atoms with Crippen LogP contribution in [0.2, 0.25) is 0 Å². The first-order chi connectivity index (χ1) is 8.96. The molecule has 1 fully saturated rings. The topological polar surface area (TPSA) is 23.5 Å². The molecule has 0 amide bonds. The summed E-state index contributed by atoms with van der Waals surface area (Å²) in [6.07, 6.45) is 3.07. The number of likely N-dealkylation sites (tertiary alicyclic amines) is 1. The second-order valence-electron chi connectivity index (χ2n) is 6.40. The highest BCUT2D eigenvalue weighted by atomic mass is 79.9. The molecule has 1 aromatic carbocycles. The second kappa shape index (κ2) is 6.38. The van der Waals surface area contributed by atoms with E-state index in [1.54, 1.807) is 0 Å². The first kappa shape index (κ1) is 15.0. The third-order valence-electron chi connectivity index (χ3n) is 3.95. The van der Waals surface area contributed by atoms with Gasteiger partial charge in [0.25, 0.3) is 0 Å². The maximum atomic E-state index is 10.2. The van der Waals surface area contributed by atoms with Gasteiger partial charge < -0.3 is 10.0 Å². The highest BCUT2D eigenvalue weighted by Crippen LogP contribution is 2.29. The average Bonchev–Trinajstić information content (AvgIpc) is 2.36. The second-order valence-corrected chi connectivity index (χ2v) is 7.32. The Morgan fingerprint density at radius 1 is 1.32 bits per heavy atom. The number of aliphatic hydroxyl groups is 1. The lowest BCUT2D eigenvalue weighted by molar-refractivity contribution is 0.0899. The van der Waals surface area contributed by atoms with Crippen molar-refractivity contribution in [3.05, 3.63) is 34.3 Å². The SMILES string of the molecule is CC1(C)CCCN(CCC(O)c2ccc(Br)cc2)C1. The molecule has 0 bridgehead atoms. The van der Waals surface area contributed by atoms with Crippen molar-refractivity contribution in [3.8, 4) is 0 Å². The van der Waals surface area contributed by atoms with Crippen LogP contribution in [-0.4, -0.2) is 29.6 Å². The molecule has 3 heteroatoms. The summed E-state index contributed by atoms with van der Waals surface area (Å²) in [5, 5.41) is 10.2. The molecule has 1 aromatic rings. The van der Waals surface area contributed by atoms with Crippen LogP contribution in [0.5, 0.6) is 0 Å². The Hall–Kier alpha value is -0.380. The van der Waals surface area contributed by atoms with Crippen LogP contribution in [0.3, 0.4) is 0 Å². The summed E-state index contributed by atoms with van der Waals surface area (Å²) < 4.78 is 1.06. The summed E-state index contributed by atoms with van der Waals surface area (Å²) in [5.41, 5.74) is 1.44. The van der Waals surface area contributed by atoms with Gasteiger partial charge in [-0.15, -0.1) is 0 Å². The van der Waals surface area contributed by atoms with Crippen molar-refractivity contribution < 1.29 is 5.11 Å². The summed E-state index contributed by atoms with van der Waals surface area (Å²) in [7, 11) is 0. The van der Waals surface area contributed by atoms with Crippen molar-refractivity contribution in [1.29, 1.82) is 0 Å². The van der Waals surface area contributed by atoms with Gasteiger partial charge in [-0.1, -0.05) is 41.9 Å². The molecule has 2 rings (SSSR count). The van der Waals surface area contributed by atoms with Gasteiger partial charge in [0.1, 0.15) is 0 Å². The fourth-order valence-corrected chi connectivity index (χ4v) is 3.16. The summed E-state index contributed by atoms with van der Waals surface area (Å²) in [6.45, 7) is 7.99. The van der Waals surface area contributed by atoms with E-state index in [4.69, 9.17) is 0 Å². The van der Waals surface area contributed by atoms with Gasteiger partial charge in [-0.2, -0.15) is 0 Å². The Bertz CT molecular complexity index is 402. The van der Waals surface area contributed by atoms with Crippen molar-refractivity contribution in [3.63, 3.8) is 0 Å². The van der Waals surface area contributed by atoms with Crippen LogP contribution in [0.1, 0.15) is 44.8 Å². The van der Waals surface area contributed by atoms with E-state index in [2.05, 4.69) is 34.7 Å². The predicted octanol–water partition coefficient (Wildman–Crippen LogP) is 3.99. The number of hydrogen-bond acceptors (Lipinski definition) is 2. The number of rotatable bonds is 4. The molecule has 106 valence electrons. The Morgan fingerprint density at radius 3 is 2.63 bits per heavy atom. The van der Waals surface area contributed by atoms with Crippen LogP contribution < -0.4 is 0 Å². The molecule has 0 radical (unpaired) electrons. The van der Waals surface area contributed by atoms with Crippen molar-refractivity contribution in [2.24, 2.45) is 5.41 Å². The normalized spacial score (nSPS) is 21.3. The van der Waals surface area contributed by atoms with Crippen LogP contribution in [0.4, 0.5) is 0 Å². The van der Waals surface area contributed by atoms with Gasteiger partial charge in [-0.25, -0.2) is 0 Å². The van der Waals surface area contributed by atoms with Gasteiger partial charge in [0, 0.05) is 17.6 Å². The van der Waals surface area contributed by atoms with Crippen LogP contribution in [0.15, 0.2) is 28.7 Å². The molecule has 1 aliphatic rings. The summed E-state index contributed by atoms with van der Waals surface area (Å²) >= 11 is 3.42. The number of hydrogen-bond donors (Lipinski definition) is 1. The number of aliphatic hydroxyl groups excluding tert-OH is 1. The quantitative estimate of drug-likeness (QED) is 0.904. The largest absolute Gasteiger partial charge is 0.388 e. The van der Waals surface area contributed by atoms with E-state index in [1.807, 2.05) is 24.3 Å². The molecule has 2 nitrogen and oxygen atoms in total. The number of benzene rings is 1. The molecule has 0 aromatic heterocycles. The molecule has 1 N–H and O–H groups in total. The van der Waals surface area contributed by atoms with Crippen LogP contribution in [0.25, 0.3) is 0 Å². The highest BCUT2D eigenvalue weighted by Gasteiger charge is 2.26. The number of piperidine rings is 1. The van der Waals surface area contributed by atoms with E-state index in [-0.39, 0.29) is 6.10 Å². The third-order valence-corrected chi connectivity index (χ3v) is 4.48. The smallest absolute Gasteiger partial charge is 0.0802 e. The predicted molar refractivity (Wildman–Crippen MR) is 83.2 cm³/mol. The highest BCUT2D eigenvalue weighted by molar-refractivity contribution is 9.10. The molecule has 0 aliphatic carbocycles. The molecule has 1 unspecified atom stereocenters. The Balaban J connectivity index is 1.83. The molecule has 1 saturated heterocycles. The van der Waals surface area contributed by atoms with Crippen molar-refractivity contribution in [2.75, 3.05) is 19.6 Å². The maximum absolute atomic E-state index is 10.2. The third kappa shape index (κ3) is 4.59. The fraction of sp³-hybridized carbons (Fsp3) is 0.625. The Labute approximate surface area is 124 Å². The monoisotopic (exact) mass is 325 g/mol. The van der Waals surface area contributed by atoms with Crippen molar-refractivity contribution >= 4 is 15.9 Å². The van der Waals surface area contributed by atoms with Crippen molar-refractivity contribution in [2.45, 2.75) is 39.2 Å². The van der Waals surface area contributed by atoms with Gasteiger partial charge in [0.2, 0.25) is 0 Å². The van der Waals surface area contributed by atoms with Gasteiger partial charge in [-0.05, 0) is 48.9 Å². The molecular formula is C16H24BrNO. The molecule has 0 saturated carbocycles. The Kier molecular flexibility index (Phi) is 5.04. The molecule has 1 heterocycles. The van der Waals surface area contributed by atoms with Gasteiger partial charge >= 0.3 is 0 Å². The van der Waals surface area contributed by atoms with E-state index < -0.39 is 0 Å². The van der Waals surface area contributed by atoms with E-state index in [0.717, 1.165) is 29.5 Å². The minimum absolute atomic E-state index is 0.349. The molecule has 1 aliphatic heterocycles. The van der Waals surface area contributed by atoms with Crippen LogP contribution >= 0.6 is 15.9 Å². The van der Waals surface area contributed by atoms with Gasteiger partial charge in [0.15, 0.2) is 0 Å². The first-order valence-electron chi connectivity index (χ1n) is 7.12. The average molecular weight is 326 g/mol. The van der Waals surface area contributed by atoms with Gasteiger partial charge in [0.05, 0.1) is 6.10 Å². The Morgan fingerprint density at radius 2 is 2.00 bits per heavy atom. The van der Waals surface area contributed by atoms with E-state index in [1.165, 1.54) is 19.4 Å². The molecule has 19 heavy (non-hydrogen) atoms. The zero-order chi connectivity index (χ0) is 13.9. The van der Waals surface area contributed by atoms with E-state index in [9.17, 15) is 5.11 Å². The van der Waals surface area contributed by atoms with Crippen LogP contribution in [-0.2, 0) is 0 Å². The number of halogens is 1. The molecule has 0 spiro atoms. The van der Waals surface area contributed by atoms with Crippen molar-refractivity contribution in [1.82, 2.24) is 4.90 Å². The standard InChI is InChI=1S/C16H24BrNO/c1-16(2)9-3-10-18(12-16)11-8-15(19)13-4-6-14(17)7-5-13/h4-7,15,19H,3,8-12H2,1-2H3. The minimum Gasteiger partial charge on any atom is -0.388 e. The maximum Gasteiger partial charge on any atom is 0.0802 e. The summed E-state index contributed by atoms with van der Waals surface area (Å²) in [5.74, 6) is 0. The lowest BCUT2D eigenvalue weighted by Gasteiger charge is -2.38. The molecule has 1 atom stereocenters. The van der Waals surface area contributed by atoms with E-state index >= 15 is 0 Å². The lowest BCUT2D eigenvalue weighted by atomic mass is 9.84. The minimum atomic E-state index is -0.349. The molecular weight excluding hydrogens is 302 g/mol. The zero-order valence-electron chi connectivity index (χ0n) is 11.9. The van der Waals surface area contributed by atoms with E-state index in [0.29, 0.717) is 5.41 Å². The summed E-state index contributed by atoms with van der Waals surface area (Å²) in [4.78, 5) is 2.49.